The Labute approximate surface area is 242 Å². The number of hydrogen-bond acceptors (Lipinski definition) is 6. The molecule has 1 aliphatic rings. The number of aliphatic hydroxyl groups excluding tert-OH is 2. The number of hydrogen-bond donors (Lipinski definition) is 3. The van der Waals surface area contributed by atoms with Crippen LogP contribution in [0.2, 0.25) is 0 Å². The molecule has 0 spiro atoms. The highest BCUT2D eigenvalue weighted by molar-refractivity contribution is 5.86. The first kappa shape index (κ1) is 29.3. The normalized spacial score (nSPS) is 20.5. The number of aromatic nitrogens is 3. The summed E-state index contributed by atoms with van der Waals surface area (Å²) in [5.41, 5.74) is 5.01. The summed E-state index contributed by atoms with van der Waals surface area (Å²) in [4.78, 5) is 0. The molecule has 5 rings (SSSR count). The van der Waals surface area contributed by atoms with Crippen LogP contribution in [0.25, 0.3) is 16.6 Å². The summed E-state index contributed by atoms with van der Waals surface area (Å²) < 4.78 is 15.2. The van der Waals surface area contributed by atoms with Crippen LogP contribution in [-0.4, -0.2) is 68.3 Å². The molecule has 1 fully saturated rings. The molecular formula is C33H43N3O5. The number of fused-ring (bicyclic) bond motifs is 1. The molecule has 2 unspecified atom stereocenters. The molecule has 41 heavy (non-hydrogen) atoms. The Bertz CT molecular complexity index is 1420. The standard InChI is InChI=1S/C33H43N3O5/c1-4-6-18-40-20-21-41-19-17-35-22(3)27(24-15-10-11-16-26(24)35)29-31(37)30(32(29)38)28-25(12-5-2)34-36(33(28)39)23-13-8-7-9-14-23/h7-11,13-16,29-32,37-39H,4-6,12,17-21H2,1-3H3. The Morgan fingerprint density at radius 1 is 0.805 bits per heavy atom. The zero-order chi connectivity index (χ0) is 28.9. The van der Waals surface area contributed by atoms with Crippen molar-refractivity contribution in [2.24, 2.45) is 0 Å². The Kier molecular flexibility index (Phi) is 9.45. The number of ether oxygens (including phenoxy) is 2. The van der Waals surface area contributed by atoms with Crippen LogP contribution >= 0.6 is 0 Å². The number of aliphatic hydroxyl groups is 2. The van der Waals surface area contributed by atoms with E-state index >= 15 is 0 Å². The van der Waals surface area contributed by atoms with Crippen molar-refractivity contribution in [2.45, 2.75) is 77.0 Å². The van der Waals surface area contributed by atoms with E-state index in [1.54, 1.807) is 0 Å². The molecule has 2 aromatic carbocycles. The molecule has 0 radical (unpaired) electrons. The van der Waals surface area contributed by atoms with Gasteiger partial charge in [0.05, 0.1) is 43.4 Å². The molecule has 0 aliphatic heterocycles. The minimum Gasteiger partial charge on any atom is -0.493 e. The lowest BCUT2D eigenvalue weighted by Gasteiger charge is -2.47. The molecule has 2 atom stereocenters. The van der Waals surface area contributed by atoms with Gasteiger partial charge in [-0.1, -0.05) is 63.1 Å². The highest BCUT2D eigenvalue weighted by atomic mass is 16.5. The zero-order valence-electron chi connectivity index (χ0n) is 24.4. The van der Waals surface area contributed by atoms with E-state index in [1.165, 1.54) is 4.68 Å². The summed E-state index contributed by atoms with van der Waals surface area (Å²) in [6, 6.07) is 17.6. The minimum atomic E-state index is -0.866. The first-order valence-corrected chi connectivity index (χ1v) is 14.9. The fraction of sp³-hybridized carbons (Fsp3) is 0.485. The maximum Gasteiger partial charge on any atom is 0.218 e. The highest BCUT2D eigenvalue weighted by Gasteiger charge is 2.54. The summed E-state index contributed by atoms with van der Waals surface area (Å²) in [6.07, 6.45) is 1.92. The van der Waals surface area contributed by atoms with E-state index in [-0.39, 0.29) is 5.88 Å². The lowest BCUT2D eigenvalue weighted by Crippen LogP contribution is -2.52. The van der Waals surface area contributed by atoms with Crippen LogP contribution in [0.3, 0.4) is 0 Å². The molecule has 2 aromatic heterocycles. The lowest BCUT2D eigenvalue weighted by atomic mass is 9.62. The van der Waals surface area contributed by atoms with Gasteiger partial charge in [-0.05, 0) is 43.5 Å². The molecule has 1 saturated carbocycles. The zero-order valence-corrected chi connectivity index (χ0v) is 24.4. The van der Waals surface area contributed by atoms with Gasteiger partial charge in [0.1, 0.15) is 0 Å². The van der Waals surface area contributed by atoms with Crippen LogP contribution in [0, 0.1) is 6.92 Å². The van der Waals surface area contributed by atoms with Crippen molar-refractivity contribution in [1.82, 2.24) is 14.3 Å². The Hall–Kier alpha value is -3.17. The first-order valence-electron chi connectivity index (χ1n) is 14.9. The second kappa shape index (κ2) is 13.2. The van der Waals surface area contributed by atoms with Crippen molar-refractivity contribution in [2.75, 3.05) is 26.4 Å². The fourth-order valence-electron chi connectivity index (χ4n) is 6.26. The number of rotatable bonds is 14. The molecule has 1 aliphatic carbocycles. The SMILES string of the molecule is CCCCOCCOCCn1c(C)c(C2C(O)C(c3c(CCC)nn(-c4ccccc4)c3O)C2O)c2ccccc21. The van der Waals surface area contributed by atoms with Crippen molar-refractivity contribution in [3.63, 3.8) is 0 Å². The molecule has 2 heterocycles. The number of aromatic hydroxyl groups is 1. The Balaban J connectivity index is 1.38. The maximum absolute atomic E-state index is 11.6. The van der Waals surface area contributed by atoms with E-state index < -0.39 is 24.0 Å². The fourth-order valence-corrected chi connectivity index (χ4v) is 6.26. The molecule has 220 valence electrons. The topological polar surface area (TPSA) is 102 Å². The van der Waals surface area contributed by atoms with Crippen molar-refractivity contribution >= 4 is 10.9 Å². The molecule has 0 amide bonds. The smallest absolute Gasteiger partial charge is 0.218 e. The van der Waals surface area contributed by atoms with Crippen molar-refractivity contribution in [3.05, 3.63) is 77.1 Å². The van der Waals surface area contributed by atoms with E-state index in [4.69, 9.17) is 14.6 Å². The number of nitrogens with zero attached hydrogens (tertiary/aromatic N) is 3. The summed E-state index contributed by atoms with van der Waals surface area (Å²) in [6.45, 7) is 9.36. The Morgan fingerprint density at radius 3 is 2.17 bits per heavy atom. The monoisotopic (exact) mass is 561 g/mol. The van der Waals surface area contributed by atoms with Crippen molar-refractivity contribution in [3.8, 4) is 11.6 Å². The average molecular weight is 562 g/mol. The molecule has 3 N–H and O–H groups in total. The summed E-state index contributed by atoms with van der Waals surface area (Å²) in [7, 11) is 0. The van der Waals surface area contributed by atoms with Gasteiger partial charge in [0.25, 0.3) is 0 Å². The number of unbranched alkanes of at least 4 members (excludes halogenated alkanes) is 1. The van der Waals surface area contributed by atoms with Gasteiger partial charge in [0, 0.05) is 47.1 Å². The number of benzene rings is 2. The summed E-state index contributed by atoms with van der Waals surface area (Å²) in [5, 5.41) is 40.2. The summed E-state index contributed by atoms with van der Waals surface area (Å²) in [5.74, 6) is -1.12. The first-order chi connectivity index (χ1) is 20.0. The lowest BCUT2D eigenvalue weighted by molar-refractivity contribution is -0.0792. The van der Waals surface area contributed by atoms with Gasteiger partial charge in [-0.25, -0.2) is 4.68 Å². The quantitative estimate of drug-likeness (QED) is 0.182. The van der Waals surface area contributed by atoms with Gasteiger partial charge >= 0.3 is 0 Å². The van der Waals surface area contributed by atoms with Crippen LogP contribution in [0.5, 0.6) is 5.88 Å². The Morgan fingerprint density at radius 2 is 1.46 bits per heavy atom. The van der Waals surface area contributed by atoms with Crippen molar-refractivity contribution < 1.29 is 24.8 Å². The van der Waals surface area contributed by atoms with Crippen molar-refractivity contribution in [1.29, 1.82) is 0 Å². The second-order valence-electron chi connectivity index (χ2n) is 11.0. The van der Waals surface area contributed by atoms with Crippen LogP contribution < -0.4 is 0 Å². The predicted octanol–water partition coefficient (Wildman–Crippen LogP) is 5.23. The third-order valence-electron chi connectivity index (χ3n) is 8.35. The average Bonchev–Trinajstić information content (AvgIpc) is 3.44. The molecule has 4 aromatic rings. The van der Waals surface area contributed by atoms with E-state index in [2.05, 4.69) is 30.5 Å². The minimum absolute atomic E-state index is 0.0174. The van der Waals surface area contributed by atoms with Crippen LogP contribution in [0.4, 0.5) is 0 Å². The third kappa shape index (κ3) is 5.66. The van der Waals surface area contributed by atoms with Gasteiger partial charge in [0.2, 0.25) is 5.88 Å². The van der Waals surface area contributed by atoms with Gasteiger partial charge in [-0.3, -0.25) is 0 Å². The number of para-hydroxylation sites is 2. The molecule has 8 heteroatoms. The molecular weight excluding hydrogens is 518 g/mol. The van der Waals surface area contributed by atoms with Gasteiger partial charge in [0.15, 0.2) is 0 Å². The van der Waals surface area contributed by atoms with Gasteiger partial charge < -0.3 is 29.4 Å². The highest BCUT2D eigenvalue weighted by Crippen LogP contribution is 2.53. The third-order valence-corrected chi connectivity index (χ3v) is 8.35. The van der Waals surface area contributed by atoms with Crippen LogP contribution in [0.1, 0.15) is 67.5 Å². The largest absolute Gasteiger partial charge is 0.493 e. The van der Waals surface area contributed by atoms with E-state index in [9.17, 15) is 15.3 Å². The van der Waals surface area contributed by atoms with Crippen LogP contribution in [-0.2, 0) is 22.4 Å². The van der Waals surface area contributed by atoms with E-state index in [0.717, 1.165) is 53.7 Å². The van der Waals surface area contributed by atoms with E-state index in [1.807, 2.05) is 49.4 Å². The van der Waals surface area contributed by atoms with Crippen LogP contribution in [0.15, 0.2) is 54.6 Å². The van der Waals surface area contributed by atoms with E-state index in [0.29, 0.717) is 44.0 Å². The summed E-state index contributed by atoms with van der Waals surface area (Å²) >= 11 is 0. The molecule has 0 saturated heterocycles. The number of aryl methyl sites for hydroxylation is 1. The second-order valence-corrected chi connectivity index (χ2v) is 11.0. The maximum atomic E-state index is 11.6. The van der Waals surface area contributed by atoms with Gasteiger partial charge in [-0.15, -0.1) is 0 Å². The van der Waals surface area contributed by atoms with Gasteiger partial charge in [-0.2, -0.15) is 5.10 Å². The molecule has 8 nitrogen and oxygen atoms in total. The molecule has 0 bridgehead atoms. The predicted molar refractivity (Wildman–Crippen MR) is 160 cm³/mol.